The molecule has 3 aromatic rings. The van der Waals surface area contributed by atoms with E-state index >= 15 is 0 Å². The van der Waals surface area contributed by atoms with Crippen molar-refractivity contribution in [2.75, 3.05) is 18.0 Å². The Hall–Kier alpha value is -3.88. The van der Waals surface area contributed by atoms with Gasteiger partial charge in [0.1, 0.15) is 5.82 Å². The maximum absolute atomic E-state index is 13.4. The van der Waals surface area contributed by atoms with E-state index in [0.29, 0.717) is 37.1 Å². The summed E-state index contributed by atoms with van der Waals surface area (Å²) in [6, 6.07) is 17.3. The Morgan fingerprint density at radius 2 is 1.58 bits per heavy atom. The Balaban J connectivity index is 1.33. The average Bonchev–Trinajstić information content (AvgIpc) is 2.87. The van der Waals surface area contributed by atoms with Gasteiger partial charge >= 0.3 is 6.18 Å². The Morgan fingerprint density at radius 1 is 0.889 bits per heavy atom. The lowest BCUT2D eigenvalue weighted by atomic mass is 10.0. The number of benzene rings is 3. The summed E-state index contributed by atoms with van der Waals surface area (Å²) >= 11 is 0. The fourth-order valence-electron chi connectivity index (χ4n) is 4.21. The van der Waals surface area contributed by atoms with Crippen molar-refractivity contribution in [2.24, 2.45) is 0 Å². The molecular formula is C27H25F4N3O2. The van der Waals surface area contributed by atoms with Gasteiger partial charge in [-0.25, -0.2) is 4.39 Å². The van der Waals surface area contributed by atoms with E-state index in [1.165, 1.54) is 24.3 Å². The molecule has 36 heavy (non-hydrogen) atoms. The van der Waals surface area contributed by atoms with Crippen molar-refractivity contribution in [3.63, 3.8) is 0 Å². The molecule has 2 amide bonds. The summed E-state index contributed by atoms with van der Waals surface area (Å²) in [7, 11) is 0. The van der Waals surface area contributed by atoms with Crippen LogP contribution in [0.4, 0.5) is 23.2 Å². The van der Waals surface area contributed by atoms with E-state index < -0.39 is 17.6 Å². The maximum atomic E-state index is 13.4. The summed E-state index contributed by atoms with van der Waals surface area (Å²) in [5, 5.41) is 5.72. The van der Waals surface area contributed by atoms with E-state index in [1.807, 2.05) is 12.1 Å². The number of anilines is 1. The molecule has 1 heterocycles. The number of carbonyl (C=O) groups is 2. The first-order valence-electron chi connectivity index (χ1n) is 11.6. The predicted octanol–water partition coefficient (Wildman–Crippen LogP) is 5.17. The molecule has 2 N–H and O–H groups in total. The van der Waals surface area contributed by atoms with Crippen molar-refractivity contribution in [3.8, 4) is 0 Å². The molecule has 0 aromatic heterocycles. The van der Waals surface area contributed by atoms with E-state index in [4.69, 9.17) is 0 Å². The molecule has 0 aliphatic carbocycles. The summed E-state index contributed by atoms with van der Waals surface area (Å²) < 4.78 is 51.6. The minimum Gasteiger partial charge on any atom is -0.371 e. The van der Waals surface area contributed by atoms with Crippen molar-refractivity contribution in [2.45, 2.75) is 31.6 Å². The number of hydrogen-bond acceptors (Lipinski definition) is 3. The number of carbonyl (C=O) groups excluding carboxylic acids is 2. The van der Waals surface area contributed by atoms with E-state index in [0.717, 1.165) is 17.8 Å². The number of nitrogens with one attached hydrogen (secondary N) is 2. The Labute approximate surface area is 206 Å². The summed E-state index contributed by atoms with van der Waals surface area (Å²) in [5.41, 5.74) is 1.30. The van der Waals surface area contributed by atoms with Crippen LogP contribution in [0.3, 0.4) is 0 Å². The fraction of sp³-hybridized carbons (Fsp3) is 0.259. The van der Waals surface area contributed by atoms with Gasteiger partial charge in [-0.15, -0.1) is 0 Å². The van der Waals surface area contributed by atoms with E-state index in [9.17, 15) is 27.2 Å². The third-order valence-electron chi connectivity index (χ3n) is 6.14. The van der Waals surface area contributed by atoms with E-state index in [2.05, 4.69) is 15.5 Å². The van der Waals surface area contributed by atoms with Crippen LogP contribution in [0.25, 0.3) is 0 Å². The van der Waals surface area contributed by atoms with Gasteiger partial charge in [0.15, 0.2) is 0 Å². The molecule has 4 rings (SSSR count). The maximum Gasteiger partial charge on any atom is 0.416 e. The van der Waals surface area contributed by atoms with Crippen molar-refractivity contribution < 1.29 is 27.2 Å². The van der Waals surface area contributed by atoms with Crippen molar-refractivity contribution in [3.05, 3.63) is 101 Å². The quantitative estimate of drug-likeness (QED) is 0.460. The Bertz CT molecular complexity index is 1220. The highest BCUT2D eigenvalue weighted by atomic mass is 19.4. The van der Waals surface area contributed by atoms with Crippen LogP contribution in [0.15, 0.2) is 72.8 Å². The molecule has 0 bridgehead atoms. The molecule has 0 atom stereocenters. The van der Waals surface area contributed by atoms with E-state index in [1.54, 1.807) is 24.3 Å². The van der Waals surface area contributed by atoms with Crippen LogP contribution in [0, 0.1) is 5.82 Å². The van der Waals surface area contributed by atoms with Crippen LogP contribution in [0.1, 0.15) is 44.7 Å². The minimum absolute atomic E-state index is 0.134. The molecule has 0 saturated carbocycles. The van der Waals surface area contributed by atoms with Gasteiger partial charge in [-0.2, -0.15) is 13.2 Å². The molecule has 1 aliphatic rings. The first kappa shape index (κ1) is 25.2. The van der Waals surface area contributed by atoms with Crippen LogP contribution in [0.5, 0.6) is 0 Å². The third kappa shape index (κ3) is 6.21. The number of amides is 2. The fourth-order valence-corrected chi connectivity index (χ4v) is 4.21. The zero-order valence-electron chi connectivity index (χ0n) is 19.3. The van der Waals surface area contributed by atoms with Crippen LogP contribution in [0.2, 0.25) is 0 Å². The second-order valence-corrected chi connectivity index (χ2v) is 8.64. The summed E-state index contributed by atoms with van der Waals surface area (Å²) in [6.45, 7) is 1.38. The van der Waals surface area contributed by atoms with E-state index in [-0.39, 0.29) is 29.9 Å². The largest absolute Gasteiger partial charge is 0.416 e. The van der Waals surface area contributed by atoms with Crippen molar-refractivity contribution in [1.29, 1.82) is 0 Å². The van der Waals surface area contributed by atoms with Gasteiger partial charge in [0.2, 0.25) is 0 Å². The van der Waals surface area contributed by atoms with Gasteiger partial charge in [0.25, 0.3) is 11.8 Å². The molecule has 188 valence electrons. The second-order valence-electron chi connectivity index (χ2n) is 8.64. The zero-order chi connectivity index (χ0) is 25.7. The number of piperidine rings is 1. The standard InChI is InChI=1S/C27H25F4N3O2/c28-21-5-3-4-18(16-21)17-32-26(36)23-6-1-2-7-24(23)34-14-12-22(13-15-34)33-25(35)19-8-10-20(11-9-19)27(29,30)31/h1-11,16,22H,12-15,17H2,(H,32,36)(H,33,35). The second kappa shape index (κ2) is 10.8. The Kier molecular flexibility index (Phi) is 7.57. The lowest BCUT2D eigenvalue weighted by molar-refractivity contribution is -0.137. The number of rotatable bonds is 6. The molecule has 1 fully saturated rings. The molecule has 9 heteroatoms. The van der Waals surface area contributed by atoms with Gasteiger partial charge in [-0.3, -0.25) is 9.59 Å². The zero-order valence-corrected chi connectivity index (χ0v) is 19.3. The molecule has 1 saturated heterocycles. The van der Waals surface area contributed by atoms with Crippen molar-refractivity contribution >= 4 is 17.5 Å². The van der Waals surface area contributed by atoms with Gasteiger partial charge < -0.3 is 15.5 Å². The molecule has 0 unspecified atom stereocenters. The molecular weight excluding hydrogens is 474 g/mol. The average molecular weight is 500 g/mol. The number of halogens is 4. The Morgan fingerprint density at radius 3 is 2.25 bits per heavy atom. The topological polar surface area (TPSA) is 61.4 Å². The van der Waals surface area contributed by atoms with Crippen LogP contribution < -0.4 is 15.5 Å². The number of nitrogens with zero attached hydrogens (tertiary/aromatic N) is 1. The smallest absolute Gasteiger partial charge is 0.371 e. The molecule has 5 nitrogen and oxygen atoms in total. The molecule has 0 radical (unpaired) electrons. The molecule has 3 aromatic carbocycles. The monoisotopic (exact) mass is 499 g/mol. The summed E-state index contributed by atoms with van der Waals surface area (Å²) in [4.78, 5) is 27.4. The first-order valence-corrected chi connectivity index (χ1v) is 11.6. The van der Waals surface area contributed by atoms with Crippen molar-refractivity contribution in [1.82, 2.24) is 10.6 Å². The van der Waals surface area contributed by atoms with Crippen LogP contribution >= 0.6 is 0 Å². The third-order valence-corrected chi connectivity index (χ3v) is 6.14. The highest BCUT2D eigenvalue weighted by molar-refractivity contribution is 5.99. The highest BCUT2D eigenvalue weighted by Crippen LogP contribution is 2.29. The lowest BCUT2D eigenvalue weighted by Gasteiger charge is -2.35. The lowest BCUT2D eigenvalue weighted by Crippen LogP contribution is -2.45. The number of alkyl halides is 3. The summed E-state index contributed by atoms with van der Waals surface area (Å²) in [6.07, 6.45) is -3.22. The summed E-state index contributed by atoms with van der Waals surface area (Å²) in [5.74, 6) is -1.05. The van der Waals surface area contributed by atoms with Gasteiger partial charge in [-0.05, 0) is 66.9 Å². The van der Waals surface area contributed by atoms with Crippen LogP contribution in [-0.4, -0.2) is 30.9 Å². The van der Waals surface area contributed by atoms with Gasteiger partial charge in [0.05, 0.1) is 11.1 Å². The number of hydrogen-bond donors (Lipinski definition) is 2. The number of para-hydroxylation sites is 1. The van der Waals surface area contributed by atoms with Crippen LogP contribution in [-0.2, 0) is 12.7 Å². The molecule has 0 spiro atoms. The SMILES string of the molecule is O=C(NC1CCN(c2ccccc2C(=O)NCc2cccc(F)c2)CC1)c1ccc(C(F)(F)F)cc1. The minimum atomic E-state index is -4.45. The first-order chi connectivity index (χ1) is 17.2. The van der Waals surface area contributed by atoms with Gasteiger partial charge in [-0.1, -0.05) is 24.3 Å². The van der Waals surface area contributed by atoms with Gasteiger partial charge in [0, 0.05) is 36.9 Å². The normalized spacial score (nSPS) is 14.4. The predicted molar refractivity (Wildman–Crippen MR) is 128 cm³/mol. The highest BCUT2D eigenvalue weighted by Gasteiger charge is 2.30. The molecule has 1 aliphatic heterocycles.